The van der Waals surface area contributed by atoms with Crippen LogP contribution in [0.2, 0.25) is 0 Å². The van der Waals surface area contributed by atoms with Crippen molar-refractivity contribution in [2.45, 2.75) is 0 Å². The number of rotatable bonds is 7. The molecule has 0 fully saturated rings. The summed E-state index contributed by atoms with van der Waals surface area (Å²) in [7, 11) is 0. The number of nitriles is 1. The Morgan fingerprint density at radius 1 is 1.10 bits per heavy atom. The fourth-order valence-corrected chi connectivity index (χ4v) is 1.68. The predicted molar refractivity (Wildman–Crippen MR) is 73.4 cm³/mol. The predicted octanol–water partition coefficient (Wildman–Crippen LogP) is 0.770. The minimum atomic E-state index is -1.17. The van der Waals surface area contributed by atoms with Crippen molar-refractivity contribution in [1.29, 1.82) is 5.26 Å². The van der Waals surface area contributed by atoms with Crippen LogP contribution in [0, 0.1) is 11.3 Å². The van der Waals surface area contributed by atoms with Crippen LogP contribution in [-0.2, 0) is 9.59 Å². The molecule has 0 saturated heterocycles. The maximum Gasteiger partial charge on any atom is 0.317 e. The Labute approximate surface area is 121 Å². The van der Waals surface area contributed by atoms with E-state index in [9.17, 15) is 9.59 Å². The topological polar surface area (TPSA) is 122 Å². The number of hydrogen-bond donors (Lipinski definition) is 3. The Balaban J connectivity index is 2.87. The average Bonchev–Trinajstić information content (AvgIpc) is 2.39. The molecule has 0 saturated carbocycles. The van der Waals surface area contributed by atoms with Crippen LogP contribution in [0.4, 0.5) is 0 Å². The first-order valence-electron chi connectivity index (χ1n) is 5.96. The molecule has 0 radical (unpaired) electrons. The summed E-state index contributed by atoms with van der Waals surface area (Å²) >= 11 is 0. The molecule has 0 spiro atoms. The minimum Gasteiger partial charge on any atom is -0.508 e. The van der Waals surface area contributed by atoms with Crippen molar-refractivity contribution in [3.05, 3.63) is 35.4 Å². The Morgan fingerprint density at radius 2 is 1.62 bits per heavy atom. The molecule has 7 nitrogen and oxygen atoms in total. The molecule has 0 atom stereocenters. The molecule has 0 aliphatic heterocycles. The third kappa shape index (κ3) is 6.22. The maximum absolute atomic E-state index is 10.7. The van der Waals surface area contributed by atoms with Crippen LogP contribution in [0.1, 0.15) is 5.56 Å². The molecular formula is C14H14N2O5. The average molecular weight is 290 g/mol. The van der Waals surface area contributed by atoms with Crippen LogP contribution in [0.5, 0.6) is 5.75 Å². The lowest BCUT2D eigenvalue weighted by Gasteiger charge is -2.17. The maximum atomic E-state index is 10.7. The van der Waals surface area contributed by atoms with E-state index < -0.39 is 25.0 Å². The number of nitrogens with zero attached hydrogens (tertiary/aromatic N) is 2. The lowest BCUT2D eigenvalue weighted by atomic mass is 10.1. The summed E-state index contributed by atoms with van der Waals surface area (Å²) < 4.78 is 0. The highest BCUT2D eigenvalue weighted by molar-refractivity contribution is 5.73. The fraction of sp³-hybridized carbons (Fsp3) is 0.214. The van der Waals surface area contributed by atoms with Gasteiger partial charge in [-0.15, -0.1) is 0 Å². The van der Waals surface area contributed by atoms with Crippen LogP contribution >= 0.6 is 0 Å². The van der Waals surface area contributed by atoms with E-state index in [2.05, 4.69) is 0 Å². The highest BCUT2D eigenvalue weighted by Gasteiger charge is 2.15. The Hall–Kier alpha value is -2.85. The van der Waals surface area contributed by atoms with Crippen molar-refractivity contribution in [1.82, 2.24) is 4.90 Å². The van der Waals surface area contributed by atoms with Crippen LogP contribution in [0.3, 0.4) is 0 Å². The Kier molecular flexibility index (Phi) is 5.92. The first-order chi connectivity index (χ1) is 9.90. The number of phenolic OH excluding ortho intramolecular Hbond substituents is 1. The van der Waals surface area contributed by atoms with E-state index in [4.69, 9.17) is 20.6 Å². The van der Waals surface area contributed by atoms with Crippen LogP contribution in [-0.4, -0.2) is 51.8 Å². The lowest BCUT2D eigenvalue weighted by molar-refractivity contribution is -0.141. The summed E-state index contributed by atoms with van der Waals surface area (Å²) in [6.45, 7) is -1.03. The normalized spacial score (nSPS) is 11.1. The zero-order chi connectivity index (χ0) is 15.8. The van der Waals surface area contributed by atoms with E-state index >= 15 is 0 Å². The molecule has 0 bridgehead atoms. The van der Waals surface area contributed by atoms with E-state index in [1.165, 1.54) is 18.2 Å². The second-order valence-corrected chi connectivity index (χ2v) is 4.31. The fourth-order valence-electron chi connectivity index (χ4n) is 1.68. The van der Waals surface area contributed by atoms with Gasteiger partial charge in [-0.25, -0.2) is 0 Å². The van der Waals surface area contributed by atoms with Crippen molar-refractivity contribution in [2.75, 3.05) is 19.6 Å². The highest BCUT2D eigenvalue weighted by Crippen LogP contribution is 2.13. The van der Waals surface area contributed by atoms with Crippen LogP contribution < -0.4 is 0 Å². The number of aromatic hydroxyl groups is 1. The molecule has 110 valence electrons. The number of carboxylic acids is 2. The largest absolute Gasteiger partial charge is 0.508 e. The Morgan fingerprint density at radius 3 is 2.05 bits per heavy atom. The molecule has 21 heavy (non-hydrogen) atoms. The second-order valence-electron chi connectivity index (χ2n) is 4.31. The van der Waals surface area contributed by atoms with Gasteiger partial charge in [0.05, 0.1) is 19.2 Å². The molecule has 0 amide bonds. The first kappa shape index (κ1) is 16.2. The van der Waals surface area contributed by atoms with Crippen LogP contribution in [0.15, 0.2) is 29.8 Å². The third-order valence-corrected chi connectivity index (χ3v) is 2.49. The zero-order valence-corrected chi connectivity index (χ0v) is 11.1. The van der Waals surface area contributed by atoms with Gasteiger partial charge in [0.25, 0.3) is 0 Å². The van der Waals surface area contributed by atoms with E-state index in [-0.39, 0.29) is 17.9 Å². The van der Waals surface area contributed by atoms with Crippen LogP contribution in [0.25, 0.3) is 6.08 Å². The van der Waals surface area contributed by atoms with Gasteiger partial charge in [0.15, 0.2) is 0 Å². The van der Waals surface area contributed by atoms with Gasteiger partial charge >= 0.3 is 11.9 Å². The molecule has 0 unspecified atom stereocenters. The Bertz CT molecular complexity index is 570. The standard InChI is InChI=1S/C14H14N2O5/c15-6-11(5-10-1-3-12(17)4-2-10)7-16(8-13(18)19)9-14(20)21/h1-5,17H,7-9H2,(H,18,19)(H,20,21)/b11-5+. The number of carboxylic acid groups (broad SMARTS) is 2. The summed E-state index contributed by atoms with van der Waals surface area (Å²) in [6.07, 6.45) is 1.51. The summed E-state index contributed by atoms with van der Waals surface area (Å²) in [6, 6.07) is 7.99. The summed E-state index contributed by atoms with van der Waals surface area (Å²) in [5.41, 5.74) is 0.873. The molecule has 0 aromatic heterocycles. The van der Waals surface area contributed by atoms with E-state index in [1.807, 2.05) is 6.07 Å². The molecule has 0 aliphatic carbocycles. The molecule has 7 heteroatoms. The van der Waals surface area contributed by atoms with Gasteiger partial charge in [0.1, 0.15) is 5.75 Å². The van der Waals surface area contributed by atoms with Gasteiger partial charge < -0.3 is 15.3 Å². The zero-order valence-electron chi connectivity index (χ0n) is 11.1. The SMILES string of the molecule is N#C/C(=C\c1ccc(O)cc1)CN(CC(=O)O)CC(=O)O. The van der Waals surface area contributed by atoms with Gasteiger partial charge in [-0.3, -0.25) is 14.5 Å². The number of hydrogen-bond acceptors (Lipinski definition) is 5. The molecule has 0 aliphatic rings. The van der Waals surface area contributed by atoms with E-state index in [0.717, 1.165) is 4.90 Å². The van der Waals surface area contributed by atoms with Crippen molar-refractivity contribution in [3.8, 4) is 11.8 Å². The third-order valence-electron chi connectivity index (χ3n) is 2.49. The monoisotopic (exact) mass is 290 g/mol. The smallest absolute Gasteiger partial charge is 0.317 e. The van der Waals surface area contributed by atoms with E-state index in [0.29, 0.717) is 5.56 Å². The minimum absolute atomic E-state index is 0.0871. The van der Waals surface area contributed by atoms with Gasteiger partial charge in [-0.2, -0.15) is 5.26 Å². The number of aliphatic carboxylic acids is 2. The molecular weight excluding hydrogens is 276 g/mol. The van der Waals surface area contributed by atoms with Crippen molar-refractivity contribution < 1.29 is 24.9 Å². The highest BCUT2D eigenvalue weighted by atomic mass is 16.4. The van der Waals surface area contributed by atoms with Gasteiger partial charge in [-0.05, 0) is 23.8 Å². The van der Waals surface area contributed by atoms with Crippen molar-refractivity contribution in [3.63, 3.8) is 0 Å². The van der Waals surface area contributed by atoms with Crippen molar-refractivity contribution in [2.24, 2.45) is 0 Å². The molecule has 0 heterocycles. The van der Waals surface area contributed by atoms with Crippen molar-refractivity contribution >= 4 is 18.0 Å². The van der Waals surface area contributed by atoms with Gasteiger partial charge in [-0.1, -0.05) is 12.1 Å². The quantitative estimate of drug-likeness (QED) is 0.634. The number of carbonyl (C=O) groups is 2. The second kappa shape index (κ2) is 7.67. The lowest BCUT2D eigenvalue weighted by Crippen LogP contribution is -2.35. The number of phenols is 1. The molecule has 1 aromatic carbocycles. The number of benzene rings is 1. The molecule has 1 aromatic rings. The van der Waals surface area contributed by atoms with Gasteiger partial charge in [0.2, 0.25) is 0 Å². The summed E-state index contributed by atoms with van der Waals surface area (Å²) in [5, 5.41) is 35.7. The van der Waals surface area contributed by atoms with E-state index in [1.54, 1.807) is 12.1 Å². The summed E-state index contributed by atoms with van der Waals surface area (Å²) in [5.74, 6) is -2.25. The summed E-state index contributed by atoms with van der Waals surface area (Å²) in [4.78, 5) is 22.5. The first-order valence-corrected chi connectivity index (χ1v) is 5.96. The molecule has 1 rings (SSSR count). The molecule has 3 N–H and O–H groups in total. The van der Waals surface area contributed by atoms with Gasteiger partial charge in [0, 0.05) is 12.1 Å².